The van der Waals surface area contributed by atoms with E-state index in [9.17, 15) is 18.0 Å². The number of carbonyl (C=O) groups excluding carboxylic acids is 1. The van der Waals surface area contributed by atoms with Crippen LogP contribution >= 0.6 is 0 Å². The minimum Gasteiger partial charge on any atom is -0.381 e. The zero-order valence-electron chi connectivity index (χ0n) is 9.64. The van der Waals surface area contributed by atoms with Gasteiger partial charge in [0.1, 0.15) is 0 Å². The third-order valence-corrected chi connectivity index (χ3v) is 2.95. The molecular formula is C10H17F3N2O2. The van der Waals surface area contributed by atoms with Crippen molar-refractivity contribution in [2.45, 2.75) is 31.5 Å². The molecule has 1 atom stereocenters. The Balaban J connectivity index is 2.43. The fourth-order valence-electron chi connectivity index (χ4n) is 1.50. The number of carbonyl (C=O) groups is 1. The van der Waals surface area contributed by atoms with Crippen LogP contribution in [0.5, 0.6) is 0 Å². The maximum atomic E-state index is 12.4. The lowest BCUT2D eigenvalue weighted by Crippen LogP contribution is -2.61. The van der Waals surface area contributed by atoms with Crippen molar-refractivity contribution in [3.63, 3.8) is 0 Å². The van der Waals surface area contributed by atoms with Crippen LogP contribution in [0.4, 0.5) is 13.2 Å². The summed E-state index contributed by atoms with van der Waals surface area (Å²) in [7, 11) is 0. The predicted molar refractivity (Wildman–Crippen MR) is 55.2 cm³/mol. The standard InChI is InChI=1S/C10H17F3N2O2/c1-9(14,10(11,12)13)8(16)15-6-7-2-4-17-5-3-7/h7H,2-6,14H2,1H3,(H,15,16). The Morgan fingerprint density at radius 3 is 2.41 bits per heavy atom. The predicted octanol–water partition coefficient (Wildman–Crippen LogP) is 0.809. The summed E-state index contributed by atoms with van der Waals surface area (Å²) in [4.78, 5) is 11.4. The summed E-state index contributed by atoms with van der Waals surface area (Å²) in [5.41, 5.74) is 2.16. The highest BCUT2D eigenvalue weighted by molar-refractivity contribution is 5.86. The van der Waals surface area contributed by atoms with Crippen molar-refractivity contribution >= 4 is 5.91 Å². The molecule has 1 amide bonds. The summed E-state index contributed by atoms with van der Waals surface area (Å²) >= 11 is 0. The van der Waals surface area contributed by atoms with Crippen molar-refractivity contribution < 1.29 is 22.7 Å². The molecule has 0 aromatic carbocycles. The van der Waals surface area contributed by atoms with Crippen LogP contribution in [-0.4, -0.2) is 37.4 Å². The van der Waals surface area contributed by atoms with E-state index in [1.165, 1.54) is 0 Å². The van der Waals surface area contributed by atoms with Gasteiger partial charge in [0.05, 0.1) is 0 Å². The maximum absolute atomic E-state index is 12.4. The van der Waals surface area contributed by atoms with Gasteiger partial charge in [-0.25, -0.2) is 0 Å². The number of nitrogens with one attached hydrogen (secondary N) is 1. The van der Waals surface area contributed by atoms with Gasteiger partial charge in [0, 0.05) is 19.8 Å². The molecule has 0 bridgehead atoms. The average Bonchev–Trinajstić information content (AvgIpc) is 2.25. The molecule has 0 saturated carbocycles. The molecule has 4 nitrogen and oxygen atoms in total. The quantitative estimate of drug-likeness (QED) is 0.783. The normalized spacial score (nSPS) is 21.9. The van der Waals surface area contributed by atoms with Gasteiger partial charge >= 0.3 is 6.18 Å². The zero-order chi connectivity index (χ0) is 13.1. The van der Waals surface area contributed by atoms with Crippen LogP contribution < -0.4 is 11.1 Å². The first-order valence-electron chi connectivity index (χ1n) is 5.47. The molecule has 1 rings (SSSR count). The summed E-state index contributed by atoms with van der Waals surface area (Å²) in [5.74, 6) is -1.02. The molecule has 1 unspecified atom stereocenters. The van der Waals surface area contributed by atoms with Gasteiger partial charge in [0.25, 0.3) is 0 Å². The molecule has 0 aromatic heterocycles. The van der Waals surface area contributed by atoms with E-state index in [0.717, 1.165) is 12.8 Å². The summed E-state index contributed by atoms with van der Waals surface area (Å²) in [6.07, 6.45) is -3.26. The van der Waals surface area contributed by atoms with Gasteiger partial charge in [-0.3, -0.25) is 4.79 Å². The Hall–Kier alpha value is -0.820. The molecule has 1 saturated heterocycles. The Bertz CT molecular complexity index is 273. The van der Waals surface area contributed by atoms with Gasteiger partial charge in [0.2, 0.25) is 5.91 Å². The molecule has 1 fully saturated rings. The number of hydrogen-bond acceptors (Lipinski definition) is 3. The van der Waals surface area contributed by atoms with Crippen molar-refractivity contribution in [3.8, 4) is 0 Å². The molecule has 0 aliphatic carbocycles. The number of nitrogens with two attached hydrogens (primary N) is 1. The molecule has 1 aliphatic heterocycles. The van der Waals surface area contributed by atoms with E-state index < -0.39 is 17.6 Å². The van der Waals surface area contributed by atoms with E-state index in [-0.39, 0.29) is 12.5 Å². The lowest BCUT2D eigenvalue weighted by Gasteiger charge is -2.28. The summed E-state index contributed by atoms with van der Waals surface area (Å²) in [5, 5.41) is 2.26. The summed E-state index contributed by atoms with van der Waals surface area (Å²) in [6.45, 7) is 2.05. The minimum absolute atomic E-state index is 0.164. The highest BCUT2D eigenvalue weighted by atomic mass is 19.4. The lowest BCUT2D eigenvalue weighted by molar-refractivity contribution is -0.187. The Morgan fingerprint density at radius 1 is 1.41 bits per heavy atom. The molecule has 0 aromatic rings. The lowest BCUT2D eigenvalue weighted by atomic mass is 9.98. The third-order valence-electron chi connectivity index (χ3n) is 2.95. The van der Waals surface area contributed by atoms with Crippen molar-refractivity contribution in [1.29, 1.82) is 0 Å². The molecule has 17 heavy (non-hydrogen) atoms. The van der Waals surface area contributed by atoms with Gasteiger partial charge in [0.15, 0.2) is 5.54 Å². The van der Waals surface area contributed by atoms with E-state index in [4.69, 9.17) is 10.5 Å². The molecule has 7 heteroatoms. The number of alkyl halides is 3. The molecule has 100 valence electrons. The largest absolute Gasteiger partial charge is 0.415 e. The minimum atomic E-state index is -4.74. The van der Waals surface area contributed by atoms with Crippen LogP contribution in [0, 0.1) is 5.92 Å². The van der Waals surface area contributed by atoms with Gasteiger partial charge in [-0.15, -0.1) is 0 Å². The van der Waals surface area contributed by atoms with Crippen LogP contribution in [-0.2, 0) is 9.53 Å². The SMILES string of the molecule is CC(N)(C(=O)NCC1CCOCC1)C(F)(F)F. The van der Waals surface area contributed by atoms with E-state index in [1.807, 2.05) is 0 Å². The van der Waals surface area contributed by atoms with Crippen molar-refractivity contribution in [3.05, 3.63) is 0 Å². The van der Waals surface area contributed by atoms with Crippen molar-refractivity contribution in [2.24, 2.45) is 11.7 Å². The second kappa shape index (κ2) is 5.22. The van der Waals surface area contributed by atoms with Crippen molar-refractivity contribution in [1.82, 2.24) is 5.32 Å². The van der Waals surface area contributed by atoms with Crippen LogP contribution in [0.25, 0.3) is 0 Å². The van der Waals surface area contributed by atoms with E-state index >= 15 is 0 Å². The molecule has 0 radical (unpaired) electrons. The molecule has 3 N–H and O–H groups in total. The van der Waals surface area contributed by atoms with Crippen LogP contribution in [0.2, 0.25) is 0 Å². The number of amides is 1. The van der Waals surface area contributed by atoms with Gasteiger partial charge in [-0.2, -0.15) is 13.2 Å². The number of rotatable bonds is 3. The number of hydrogen-bond donors (Lipinski definition) is 2. The smallest absolute Gasteiger partial charge is 0.381 e. The molecular weight excluding hydrogens is 237 g/mol. The third kappa shape index (κ3) is 3.57. The highest BCUT2D eigenvalue weighted by Crippen LogP contribution is 2.28. The van der Waals surface area contributed by atoms with E-state index in [0.29, 0.717) is 20.1 Å². The van der Waals surface area contributed by atoms with Gasteiger partial charge in [-0.1, -0.05) is 0 Å². The highest BCUT2D eigenvalue weighted by Gasteiger charge is 2.53. The van der Waals surface area contributed by atoms with Crippen LogP contribution in [0.1, 0.15) is 19.8 Å². The first-order chi connectivity index (χ1) is 7.75. The fourth-order valence-corrected chi connectivity index (χ4v) is 1.50. The average molecular weight is 254 g/mol. The first kappa shape index (κ1) is 14.2. The fraction of sp³-hybridized carbons (Fsp3) is 0.900. The first-order valence-corrected chi connectivity index (χ1v) is 5.47. The second-order valence-electron chi connectivity index (χ2n) is 4.47. The summed E-state index contributed by atoms with van der Waals surface area (Å²) < 4.78 is 42.4. The Morgan fingerprint density at radius 2 is 1.94 bits per heavy atom. The van der Waals surface area contributed by atoms with Crippen LogP contribution in [0.15, 0.2) is 0 Å². The summed E-state index contributed by atoms with van der Waals surface area (Å²) in [6, 6.07) is 0. The topological polar surface area (TPSA) is 64.4 Å². The van der Waals surface area contributed by atoms with Gasteiger partial charge < -0.3 is 15.8 Å². The zero-order valence-corrected chi connectivity index (χ0v) is 9.64. The number of ether oxygens (including phenoxy) is 1. The monoisotopic (exact) mass is 254 g/mol. The second-order valence-corrected chi connectivity index (χ2v) is 4.47. The van der Waals surface area contributed by atoms with Crippen molar-refractivity contribution in [2.75, 3.05) is 19.8 Å². The van der Waals surface area contributed by atoms with Crippen LogP contribution in [0.3, 0.4) is 0 Å². The molecule has 0 spiro atoms. The van der Waals surface area contributed by atoms with Gasteiger partial charge in [-0.05, 0) is 25.7 Å². The van der Waals surface area contributed by atoms with E-state index in [1.54, 1.807) is 0 Å². The Labute approximate surface area is 97.7 Å². The molecule has 1 aliphatic rings. The molecule has 1 heterocycles. The number of halogens is 3. The Kier molecular flexibility index (Phi) is 4.37. The maximum Gasteiger partial charge on any atom is 0.415 e. The van der Waals surface area contributed by atoms with E-state index in [2.05, 4.69) is 5.32 Å².